The molecule has 1 N–H and O–H groups in total. The van der Waals surface area contributed by atoms with E-state index in [9.17, 15) is 14.7 Å². The third kappa shape index (κ3) is 6.92. The number of thioether (sulfide) groups is 1. The first-order chi connectivity index (χ1) is 23.4. The monoisotopic (exact) mass is 784 g/mol. The smallest absolute Gasteiger partial charge is 0.316 e. The Bertz CT molecular complexity index is 1690. The fraction of sp³-hybridized carbons (Fsp3) is 0.538. The van der Waals surface area contributed by atoms with Crippen LogP contribution in [0, 0.1) is 34.0 Å². The number of nitrogens with zero attached hydrogens (tertiary/aromatic N) is 2. The number of ketones is 1. The topological polar surface area (TPSA) is 98.8 Å². The minimum atomic E-state index is -0.682. The predicted octanol–water partition coefficient (Wildman–Crippen LogP) is 4.17. The standard InChI is InChI=1S/C39H49N2O6S2.BrH/c1-8-37(4)20-32(38(5)24(2)9-13-39(25(3)35(37)44)14-10-31(42)34(38)39)47-33(43)23-49-36-40-30(22-48-36)27-11-15-41(16-12-27)21-26-17-28(45-6)19-29(18-26)46-7;/h8,11-12,15-19,22,24-25,32,34-35,44H,1,9-10,13-14,20-21,23H2,2-7H3;1H/q+1;/p-1/t24-,25+,32-,34+,35+,37-,38+,39+;/m1./s1. The summed E-state index contributed by atoms with van der Waals surface area (Å²) >= 11 is 2.87. The highest BCUT2D eigenvalue weighted by atomic mass is 79.9. The van der Waals surface area contributed by atoms with Crippen LogP contribution in [0.2, 0.25) is 0 Å². The Morgan fingerprint density at radius 2 is 1.82 bits per heavy atom. The molecule has 8 atom stereocenters. The number of benzene rings is 1. The van der Waals surface area contributed by atoms with Crippen molar-refractivity contribution in [3.63, 3.8) is 0 Å². The van der Waals surface area contributed by atoms with Gasteiger partial charge in [-0.3, -0.25) is 9.59 Å². The Hall–Kier alpha value is -2.73. The molecule has 0 saturated heterocycles. The summed E-state index contributed by atoms with van der Waals surface area (Å²) in [5.74, 6) is 1.44. The third-order valence-electron chi connectivity index (χ3n) is 12.3. The molecule has 270 valence electrons. The van der Waals surface area contributed by atoms with Gasteiger partial charge in [0.05, 0.1) is 31.8 Å². The third-order valence-corrected chi connectivity index (χ3v) is 14.3. The van der Waals surface area contributed by atoms with E-state index < -0.39 is 23.0 Å². The Labute approximate surface area is 314 Å². The van der Waals surface area contributed by atoms with Gasteiger partial charge in [-0.2, -0.15) is 0 Å². The highest BCUT2D eigenvalue weighted by Gasteiger charge is 2.68. The van der Waals surface area contributed by atoms with Gasteiger partial charge in [-0.1, -0.05) is 45.5 Å². The molecule has 2 heterocycles. The van der Waals surface area contributed by atoms with E-state index in [0.29, 0.717) is 19.4 Å². The molecule has 50 heavy (non-hydrogen) atoms. The van der Waals surface area contributed by atoms with Crippen LogP contribution in [0.4, 0.5) is 0 Å². The second kappa shape index (κ2) is 15.1. The van der Waals surface area contributed by atoms with Gasteiger partial charge in [-0.15, -0.1) is 17.9 Å². The van der Waals surface area contributed by atoms with Gasteiger partial charge in [0.2, 0.25) is 0 Å². The van der Waals surface area contributed by atoms with Crippen LogP contribution in [0.3, 0.4) is 0 Å². The number of aliphatic hydroxyl groups is 1. The number of aliphatic hydroxyl groups excluding tert-OH is 1. The van der Waals surface area contributed by atoms with Gasteiger partial charge in [0, 0.05) is 57.9 Å². The van der Waals surface area contributed by atoms with Crippen molar-refractivity contribution in [3.05, 3.63) is 66.3 Å². The SMILES string of the molecule is C=C[C@]1(C)C[C@@H](OC(=O)CSc2nc(-c3cc[n+](Cc4cc(OC)cc(OC)c4)cc3)cs2)[C@]2(C)[C@H](C)CC[C@]3(CCC(=O)[C@H]32)[C@@H](C)[C@@H]1O.[Br-]. The number of aromatic nitrogens is 2. The number of methoxy groups -OCH3 is 2. The maximum absolute atomic E-state index is 13.7. The van der Waals surface area contributed by atoms with Crippen molar-refractivity contribution in [1.82, 2.24) is 4.98 Å². The second-order valence-electron chi connectivity index (χ2n) is 14.8. The van der Waals surface area contributed by atoms with E-state index in [1.807, 2.05) is 61.1 Å². The van der Waals surface area contributed by atoms with Gasteiger partial charge in [0.15, 0.2) is 23.3 Å². The van der Waals surface area contributed by atoms with Crippen molar-refractivity contribution >= 4 is 34.9 Å². The number of ether oxygens (including phenoxy) is 3. The number of Topliss-reactive ketones (excluding diaryl/α,β-unsaturated/α-hetero) is 1. The summed E-state index contributed by atoms with van der Waals surface area (Å²) in [7, 11) is 3.29. The fourth-order valence-corrected chi connectivity index (χ4v) is 10.8. The summed E-state index contributed by atoms with van der Waals surface area (Å²) in [6.07, 6.45) is 8.26. The first-order valence-corrected chi connectivity index (χ1v) is 19.1. The lowest BCUT2D eigenvalue weighted by Crippen LogP contribution is -3.00. The fourth-order valence-electron chi connectivity index (χ4n) is 9.17. The largest absolute Gasteiger partial charge is 1.00 e. The molecule has 8 nitrogen and oxygen atoms in total. The zero-order chi connectivity index (χ0) is 35.1. The molecule has 3 aliphatic rings. The van der Waals surface area contributed by atoms with Gasteiger partial charge in [-0.05, 0) is 55.1 Å². The highest BCUT2D eigenvalue weighted by molar-refractivity contribution is 8.01. The molecule has 6 rings (SSSR count). The number of hydrogen-bond donors (Lipinski definition) is 1. The van der Waals surface area contributed by atoms with Crippen LogP contribution in [0.25, 0.3) is 11.3 Å². The van der Waals surface area contributed by atoms with Crippen LogP contribution in [0.1, 0.15) is 65.4 Å². The van der Waals surface area contributed by atoms with E-state index in [0.717, 1.165) is 51.9 Å². The van der Waals surface area contributed by atoms with Crippen molar-refractivity contribution in [2.24, 2.45) is 34.0 Å². The number of halogens is 1. The summed E-state index contributed by atoms with van der Waals surface area (Å²) in [6, 6.07) is 9.91. The van der Waals surface area contributed by atoms with Gasteiger partial charge in [0.1, 0.15) is 23.4 Å². The number of carbonyl (C=O) groups excluding carboxylic acids is 2. The quantitative estimate of drug-likeness (QED) is 0.142. The predicted molar refractivity (Wildman–Crippen MR) is 192 cm³/mol. The molecule has 3 aromatic rings. The molecule has 2 bridgehead atoms. The van der Waals surface area contributed by atoms with Crippen molar-refractivity contribution in [2.45, 2.75) is 82.9 Å². The lowest BCUT2D eigenvalue weighted by atomic mass is 9.44. The molecule has 1 aromatic carbocycles. The average molecular weight is 786 g/mol. The Kier molecular flexibility index (Phi) is 11.6. The van der Waals surface area contributed by atoms with Crippen molar-refractivity contribution in [2.75, 3.05) is 20.0 Å². The summed E-state index contributed by atoms with van der Waals surface area (Å²) in [4.78, 5) is 32.1. The number of pyridine rings is 1. The molecular weight excluding hydrogens is 736 g/mol. The molecule has 0 radical (unpaired) electrons. The number of carbonyl (C=O) groups is 2. The lowest BCUT2D eigenvalue weighted by Gasteiger charge is -2.61. The molecule has 0 unspecified atom stereocenters. The average Bonchev–Trinajstić information content (AvgIpc) is 3.73. The molecule has 3 fully saturated rings. The molecule has 0 spiro atoms. The molecule has 0 aliphatic heterocycles. The Morgan fingerprint density at radius 1 is 1.14 bits per heavy atom. The minimum Gasteiger partial charge on any atom is -1.00 e. The summed E-state index contributed by atoms with van der Waals surface area (Å²) in [6.45, 7) is 13.3. The minimum absolute atomic E-state index is 0. The molecule has 0 amide bonds. The number of hydrogen-bond acceptors (Lipinski definition) is 9. The highest BCUT2D eigenvalue weighted by Crippen LogP contribution is 2.68. The molecule has 3 aliphatic carbocycles. The molecule has 3 saturated carbocycles. The van der Waals surface area contributed by atoms with Gasteiger partial charge >= 0.3 is 5.97 Å². The Balaban J connectivity index is 0.00000486. The van der Waals surface area contributed by atoms with Crippen LogP contribution < -0.4 is 31.0 Å². The number of esters is 1. The van der Waals surface area contributed by atoms with E-state index in [1.54, 1.807) is 14.2 Å². The van der Waals surface area contributed by atoms with Crippen molar-refractivity contribution in [3.8, 4) is 22.8 Å². The molecule has 2 aromatic heterocycles. The normalized spacial score (nSPS) is 31.8. The summed E-state index contributed by atoms with van der Waals surface area (Å²) in [5, 5.41) is 13.8. The van der Waals surface area contributed by atoms with E-state index in [4.69, 9.17) is 19.2 Å². The lowest BCUT2D eigenvalue weighted by molar-refractivity contribution is -0.688. The van der Waals surface area contributed by atoms with Crippen molar-refractivity contribution in [1.29, 1.82) is 0 Å². The summed E-state index contributed by atoms with van der Waals surface area (Å²) < 4.78 is 20.1. The Morgan fingerprint density at radius 3 is 2.46 bits per heavy atom. The van der Waals surface area contributed by atoms with Crippen LogP contribution in [0.15, 0.2) is 65.1 Å². The van der Waals surface area contributed by atoms with Crippen LogP contribution in [0.5, 0.6) is 11.5 Å². The maximum Gasteiger partial charge on any atom is 0.316 e. The van der Waals surface area contributed by atoms with Crippen LogP contribution in [-0.4, -0.2) is 54.0 Å². The summed E-state index contributed by atoms with van der Waals surface area (Å²) in [5.41, 5.74) is 1.42. The first-order valence-electron chi connectivity index (χ1n) is 17.2. The van der Waals surface area contributed by atoms with E-state index >= 15 is 0 Å². The zero-order valence-corrected chi connectivity index (χ0v) is 33.0. The van der Waals surface area contributed by atoms with Crippen LogP contribution >= 0.6 is 23.1 Å². The van der Waals surface area contributed by atoms with Crippen molar-refractivity contribution < 1.29 is 50.5 Å². The second-order valence-corrected chi connectivity index (χ2v) is 16.9. The number of rotatable bonds is 10. The van der Waals surface area contributed by atoms with E-state index in [2.05, 4.69) is 31.9 Å². The van der Waals surface area contributed by atoms with Gasteiger partial charge in [0.25, 0.3) is 0 Å². The first kappa shape index (κ1) is 38.5. The van der Waals surface area contributed by atoms with Gasteiger partial charge < -0.3 is 36.3 Å². The number of thiazole rings is 1. The van der Waals surface area contributed by atoms with Gasteiger partial charge in [-0.25, -0.2) is 9.55 Å². The zero-order valence-electron chi connectivity index (χ0n) is 29.8. The molecule has 11 heteroatoms. The molecular formula is C39H49BrN2O6S2. The van der Waals surface area contributed by atoms with Crippen LogP contribution in [-0.2, 0) is 20.9 Å². The van der Waals surface area contributed by atoms with E-state index in [1.165, 1.54) is 23.1 Å². The van der Waals surface area contributed by atoms with E-state index in [-0.39, 0.29) is 57.7 Å². The maximum atomic E-state index is 13.7.